The second kappa shape index (κ2) is 5.04. The number of carbonyl (C=O) groups is 1. The second-order valence-electron chi connectivity index (χ2n) is 3.83. The minimum Gasteiger partial charge on any atom is -0.506 e. The maximum atomic E-state index is 12.4. The normalized spacial score (nSPS) is 11.3. The minimum atomic E-state index is -4.42. The van der Waals surface area contributed by atoms with E-state index < -0.39 is 23.5 Å². The molecule has 0 aliphatic carbocycles. The monoisotopic (exact) mass is 303 g/mol. The number of benzene rings is 1. The van der Waals surface area contributed by atoms with Crippen molar-refractivity contribution in [3.05, 3.63) is 40.8 Å². The van der Waals surface area contributed by atoms with Crippen molar-refractivity contribution in [2.75, 3.05) is 5.32 Å². The number of aromatic hydroxyl groups is 1. The molecule has 20 heavy (non-hydrogen) atoms. The van der Waals surface area contributed by atoms with Crippen LogP contribution in [-0.2, 0) is 6.18 Å². The summed E-state index contributed by atoms with van der Waals surface area (Å²) in [7, 11) is 0. The molecule has 0 amide bonds. The Morgan fingerprint density at radius 2 is 1.80 bits per heavy atom. The average molecular weight is 303 g/mol. The van der Waals surface area contributed by atoms with Crippen molar-refractivity contribution < 1.29 is 28.2 Å². The summed E-state index contributed by atoms with van der Waals surface area (Å²) in [4.78, 5) is 10.9. The highest BCUT2D eigenvalue weighted by molar-refractivity contribution is 7.15. The summed E-state index contributed by atoms with van der Waals surface area (Å²) in [6.07, 6.45) is -4.42. The molecule has 0 saturated heterocycles. The van der Waals surface area contributed by atoms with Gasteiger partial charge in [-0.25, -0.2) is 4.79 Å². The topological polar surface area (TPSA) is 69.6 Å². The average Bonchev–Trinajstić information content (AvgIpc) is 2.70. The highest BCUT2D eigenvalue weighted by Crippen LogP contribution is 2.36. The van der Waals surface area contributed by atoms with Crippen molar-refractivity contribution >= 4 is 28.0 Å². The Hall–Kier alpha value is -2.22. The van der Waals surface area contributed by atoms with Gasteiger partial charge in [0.25, 0.3) is 0 Å². The highest BCUT2D eigenvalue weighted by atomic mass is 32.1. The zero-order valence-electron chi connectivity index (χ0n) is 9.73. The van der Waals surface area contributed by atoms with Gasteiger partial charge in [0.1, 0.15) is 16.3 Å². The fourth-order valence-corrected chi connectivity index (χ4v) is 2.36. The highest BCUT2D eigenvalue weighted by Gasteiger charge is 2.30. The number of alkyl halides is 3. The number of anilines is 2. The lowest BCUT2D eigenvalue weighted by Gasteiger charge is -2.09. The molecule has 1 aromatic carbocycles. The van der Waals surface area contributed by atoms with Gasteiger partial charge in [-0.05, 0) is 24.3 Å². The molecule has 3 N–H and O–H groups in total. The van der Waals surface area contributed by atoms with Gasteiger partial charge >= 0.3 is 12.1 Å². The Labute approximate surface area is 115 Å². The van der Waals surface area contributed by atoms with Gasteiger partial charge < -0.3 is 15.5 Å². The van der Waals surface area contributed by atoms with Crippen molar-refractivity contribution in [3.8, 4) is 5.75 Å². The molecule has 2 rings (SSSR count). The summed E-state index contributed by atoms with van der Waals surface area (Å²) in [6, 6.07) is 4.14. The molecule has 1 aromatic heterocycles. The third-order valence-electron chi connectivity index (χ3n) is 2.46. The summed E-state index contributed by atoms with van der Waals surface area (Å²) < 4.78 is 37.2. The molecule has 1 heterocycles. The van der Waals surface area contributed by atoms with Crippen molar-refractivity contribution in [1.82, 2.24) is 0 Å². The van der Waals surface area contributed by atoms with Crippen molar-refractivity contribution in [3.63, 3.8) is 0 Å². The molecule has 0 aliphatic rings. The van der Waals surface area contributed by atoms with Gasteiger partial charge in [-0.1, -0.05) is 0 Å². The van der Waals surface area contributed by atoms with Crippen LogP contribution in [0.2, 0.25) is 0 Å². The van der Waals surface area contributed by atoms with Crippen LogP contribution in [0.4, 0.5) is 23.9 Å². The van der Waals surface area contributed by atoms with E-state index in [2.05, 4.69) is 5.32 Å². The quantitative estimate of drug-likeness (QED) is 0.804. The van der Waals surface area contributed by atoms with Gasteiger partial charge in [-0.15, -0.1) is 11.3 Å². The molecule has 2 aromatic rings. The number of thiophene rings is 1. The van der Waals surface area contributed by atoms with Crippen LogP contribution in [0, 0.1) is 0 Å². The predicted molar refractivity (Wildman–Crippen MR) is 67.7 cm³/mol. The predicted octanol–water partition coefficient (Wildman–Crippen LogP) is 3.91. The van der Waals surface area contributed by atoms with Gasteiger partial charge in [0.05, 0.1) is 5.56 Å². The maximum Gasteiger partial charge on any atom is 0.416 e. The first-order valence-corrected chi connectivity index (χ1v) is 6.15. The molecule has 4 nitrogen and oxygen atoms in total. The van der Waals surface area contributed by atoms with Gasteiger partial charge in [0.15, 0.2) is 0 Å². The Morgan fingerprint density at radius 3 is 2.30 bits per heavy atom. The molecule has 0 saturated carbocycles. The van der Waals surface area contributed by atoms with Crippen LogP contribution in [0.1, 0.15) is 15.9 Å². The van der Waals surface area contributed by atoms with E-state index in [0.717, 1.165) is 23.5 Å². The van der Waals surface area contributed by atoms with Crippen molar-refractivity contribution in [2.24, 2.45) is 0 Å². The van der Waals surface area contributed by atoms with E-state index in [0.29, 0.717) is 5.69 Å². The van der Waals surface area contributed by atoms with Crippen molar-refractivity contribution in [2.45, 2.75) is 6.18 Å². The number of halogens is 3. The number of carboxylic acid groups (broad SMARTS) is 1. The van der Waals surface area contributed by atoms with Crippen LogP contribution < -0.4 is 5.32 Å². The van der Waals surface area contributed by atoms with Crippen LogP contribution in [0.3, 0.4) is 0 Å². The Morgan fingerprint density at radius 1 is 1.20 bits per heavy atom. The van der Waals surface area contributed by atoms with E-state index >= 15 is 0 Å². The molecular weight excluding hydrogens is 295 g/mol. The van der Waals surface area contributed by atoms with Gasteiger partial charge in [-0.3, -0.25) is 0 Å². The Bertz CT molecular complexity index is 634. The lowest BCUT2D eigenvalue weighted by Crippen LogP contribution is -2.04. The summed E-state index contributed by atoms with van der Waals surface area (Å²) in [5.41, 5.74) is -0.812. The van der Waals surface area contributed by atoms with Crippen molar-refractivity contribution in [1.29, 1.82) is 0 Å². The maximum absolute atomic E-state index is 12.4. The van der Waals surface area contributed by atoms with E-state index in [-0.39, 0.29) is 10.6 Å². The molecule has 0 aliphatic heterocycles. The zero-order chi connectivity index (χ0) is 14.9. The van der Waals surface area contributed by atoms with E-state index in [1.54, 1.807) is 0 Å². The standard InChI is InChI=1S/C12H8F3NO3S/c13-12(14,15)6-1-3-7(4-2-6)16-10-9(11(18)19)8(17)5-20-10/h1-5,16-17H,(H,18,19). The number of aromatic carboxylic acids is 1. The van der Waals surface area contributed by atoms with Crippen LogP contribution in [0.5, 0.6) is 5.75 Å². The first-order valence-electron chi connectivity index (χ1n) is 5.27. The second-order valence-corrected chi connectivity index (χ2v) is 4.71. The van der Waals surface area contributed by atoms with E-state index in [9.17, 15) is 23.1 Å². The van der Waals surface area contributed by atoms with Gasteiger partial charge in [0.2, 0.25) is 0 Å². The van der Waals surface area contributed by atoms with Gasteiger partial charge in [0, 0.05) is 11.1 Å². The number of nitrogens with one attached hydrogen (secondary N) is 1. The van der Waals surface area contributed by atoms with Crippen LogP contribution >= 0.6 is 11.3 Å². The number of hydrogen-bond acceptors (Lipinski definition) is 4. The smallest absolute Gasteiger partial charge is 0.416 e. The largest absolute Gasteiger partial charge is 0.506 e. The van der Waals surface area contributed by atoms with Crippen LogP contribution in [0.25, 0.3) is 0 Å². The molecule has 106 valence electrons. The van der Waals surface area contributed by atoms with Crippen LogP contribution in [-0.4, -0.2) is 16.2 Å². The number of hydrogen-bond donors (Lipinski definition) is 3. The number of rotatable bonds is 3. The zero-order valence-corrected chi connectivity index (χ0v) is 10.5. The molecule has 0 bridgehead atoms. The fraction of sp³-hybridized carbons (Fsp3) is 0.0833. The third-order valence-corrected chi connectivity index (χ3v) is 3.34. The Kier molecular flexibility index (Phi) is 3.58. The lowest BCUT2D eigenvalue weighted by molar-refractivity contribution is -0.137. The summed E-state index contributed by atoms with van der Waals surface area (Å²) in [5, 5.41) is 22.3. The molecule has 0 fully saturated rings. The molecule has 0 unspecified atom stereocenters. The van der Waals surface area contributed by atoms with E-state index in [4.69, 9.17) is 5.11 Å². The molecule has 0 atom stereocenters. The first kappa shape index (κ1) is 14.2. The summed E-state index contributed by atoms with van der Waals surface area (Å²) >= 11 is 0.945. The fourth-order valence-electron chi connectivity index (χ4n) is 1.52. The molecule has 0 radical (unpaired) electrons. The summed E-state index contributed by atoms with van der Waals surface area (Å²) in [5.74, 6) is -1.71. The minimum absolute atomic E-state index is 0.148. The van der Waals surface area contributed by atoms with Crippen LogP contribution in [0.15, 0.2) is 29.6 Å². The molecule has 0 spiro atoms. The van der Waals surface area contributed by atoms with E-state index in [1.165, 1.54) is 17.5 Å². The lowest BCUT2D eigenvalue weighted by atomic mass is 10.2. The summed E-state index contributed by atoms with van der Waals surface area (Å²) in [6.45, 7) is 0. The SMILES string of the molecule is O=C(O)c1c(O)csc1Nc1ccc(C(F)(F)F)cc1. The Balaban J connectivity index is 2.25. The third kappa shape index (κ3) is 2.85. The first-order chi connectivity index (χ1) is 9.29. The molecular formula is C12H8F3NO3S. The van der Waals surface area contributed by atoms with E-state index in [1.807, 2.05) is 0 Å². The molecule has 8 heteroatoms. The number of carboxylic acids is 1. The van der Waals surface area contributed by atoms with Gasteiger partial charge in [-0.2, -0.15) is 13.2 Å².